The van der Waals surface area contributed by atoms with Crippen LogP contribution in [0.2, 0.25) is 0 Å². The average Bonchev–Trinajstić information content (AvgIpc) is 2.82. The lowest BCUT2D eigenvalue weighted by atomic mass is 9.93. The minimum absolute atomic E-state index is 0.138. The fourth-order valence-electron chi connectivity index (χ4n) is 2.50. The van der Waals surface area contributed by atoms with Crippen molar-refractivity contribution in [3.05, 3.63) is 71.8 Å². The van der Waals surface area contributed by atoms with E-state index in [-0.39, 0.29) is 30.2 Å². The number of carbonyl (C=O) groups is 3. The van der Waals surface area contributed by atoms with Crippen LogP contribution in [0.3, 0.4) is 0 Å². The molecule has 0 atom stereocenters. The quantitative estimate of drug-likeness (QED) is 0.432. The predicted octanol–water partition coefficient (Wildman–Crippen LogP) is 3.02. The van der Waals surface area contributed by atoms with Crippen molar-refractivity contribution in [3.8, 4) is 0 Å². The Labute approximate surface area is 202 Å². The molecule has 10 heteroatoms. The van der Waals surface area contributed by atoms with E-state index < -0.39 is 23.2 Å². The standard InChI is InChI=1S/C23H24N2O6S2/c1-3-29-20(28)23(2,14-30-21(32)24-18(26)16-10-6-4-7-11-16)15-31-22(33)25-19(27)17-12-8-5-9-13-17/h4-13H,3,14-15H2,1-2H3,(H,24,26,32)(H,25,27,33). The zero-order valence-corrected chi connectivity index (χ0v) is 19.8. The Balaban J connectivity index is 1.93. The first-order chi connectivity index (χ1) is 15.7. The SMILES string of the molecule is CCOC(=O)C(C)(COC(=S)NC(=O)c1ccccc1)COC(=S)NC(=O)c1ccccc1. The van der Waals surface area contributed by atoms with Gasteiger partial charge in [-0.2, -0.15) is 0 Å². The van der Waals surface area contributed by atoms with Crippen molar-refractivity contribution in [3.63, 3.8) is 0 Å². The molecule has 0 bridgehead atoms. The summed E-state index contributed by atoms with van der Waals surface area (Å²) in [6.45, 7) is 2.83. The van der Waals surface area contributed by atoms with Crippen molar-refractivity contribution >= 4 is 52.6 Å². The molecule has 0 aliphatic carbocycles. The van der Waals surface area contributed by atoms with Gasteiger partial charge in [0.25, 0.3) is 22.2 Å². The van der Waals surface area contributed by atoms with E-state index in [9.17, 15) is 14.4 Å². The van der Waals surface area contributed by atoms with E-state index in [2.05, 4.69) is 10.6 Å². The number of ether oxygens (including phenoxy) is 3. The molecule has 2 amide bonds. The van der Waals surface area contributed by atoms with E-state index in [0.29, 0.717) is 11.1 Å². The summed E-state index contributed by atoms with van der Waals surface area (Å²) in [4.78, 5) is 36.9. The van der Waals surface area contributed by atoms with Crippen molar-refractivity contribution in [1.29, 1.82) is 0 Å². The molecule has 33 heavy (non-hydrogen) atoms. The molecular weight excluding hydrogens is 464 g/mol. The minimum Gasteiger partial charge on any atom is -0.469 e. The summed E-state index contributed by atoms with van der Waals surface area (Å²) in [5.41, 5.74) is -0.516. The van der Waals surface area contributed by atoms with E-state index in [1.807, 2.05) is 0 Å². The third-order valence-corrected chi connectivity index (χ3v) is 4.75. The van der Waals surface area contributed by atoms with E-state index in [1.54, 1.807) is 67.6 Å². The molecule has 0 saturated heterocycles. The second-order valence-electron chi connectivity index (χ2n) is 7.07. The van der Waals surface area contributed by atoms with E-state index in [4.69, 9.17) is 38.6 Å². The molecule has 2 aromatic rings. The maximum absolute atomic E-state index is 12.5. The Morgan fingerprint density at radius 2 is 1.15 bits per heavy atom. The molecule has 0 saturated carbocycles. The highest BCUT2D eigenvalue weighted by atomic mass is 32.1. The highest BCUT2D eigenvalue weighted by molar-refractivity contribution is 7.80. The van der Waals surface area contributed by atoms with Gasteiger partial charge >= 0.3 is 5.97 Å². The number of amides is 2. The lowest BCUT2D eigenvalue weighted by molar-refractivity contribution is -0.158. The molecule has 0 aliphatic heterocycles. The van der Waals surface area contributed by atoms with Gasteiger partial charge < -0.3 is 14.2 Å². The van der Waals surface area contributed by atoms with Crippen LogP contribution in [0.5, 0.6) is 0 Å². The zero-order valence-electron chi connectivity index (χ0n) is 18.2. The maximum Gasteiger partial charge on any atom is 0.318 e. The van der Waals surface area contributed by atoms with Crippen molar-refractivity contribution < 1.29 is 28.6 Å². The summed E-state index contributed by atoms with van der Waals surface area (Å²) in [6, 6.07) is 16.9. The molecule has 0 heterocycles. The van der Waals surface area contributed by atoms with Gasteiger partial charge in [0, 0.05) is 11.1 Å². The Hall–Kier alpha value is -3.37. The summed E-state index contributed by atoms with van der Waals surface area (Å²) >= 11 is 10.1. The normalized spacial score (nSPS) is 10.5. The molecular formula is C23H24N2O6S2. The number of benzene rings is 2. The first-order valence-corrected chi connectivity index (χ1v) is 10.8. The number of carbonyl (C=O) groups excluding carboxylic acids is 3. The molecule has 0 unspecified atom stereocenters. The molecule has 8 nitrogen and oxygen atoms in total. The predicted molar refractivity (Wildman–Crippen MR) is 130 cm³/mol. The van der Waals surface area contributed by atoms with E-state index in [1.165, 1.54) is 6.92 Å². The third kappa shape index (κ3) is 8.24. The average molecular weight is 489 g/mol. The first-order valence-electron chi connectivity index (χ1n) is 9.98. The molecule has 0 aliphatic rings. The molecule has 2 aromatic carbocycles. The van der Waals surface area contributed by atoms with Crippen LogP contribution >= 0.6 is 24.4 Å². The summed E-state index contributed by atoms with van der Waals surface area (Å²) in [5.74, 6) is -1.50. The highest BCUT2D eigenvalue weighted by Gasteiger charge is 2.38. The minimum atomic E-state index is -1.32. The van der Waals surface area contributed by atoms with Gasteiger partial charge in [0.05, 0.1) is 6.61 Å². The molecule has 0 radical (unpaired) electrons. The van der Waals surface area contributed by atoms with Gasteiger partial charge in [-0.1, -0.05) is 36.4 Å². The van der Waals surface area contributed by atoms with Crippen molar-refractivity contribution in [2.75, 3.05) is 19.8 Å². The molecule has 2 N–H and O–H groups in total. The fraction of sp³-hybridized carbons (Fsp3) is 0.261. The lowest BCUT2D eigenvalue weighted by Gasteiger charge is -2.27. The topological polar surface area (TPSA) is 103 Å². The van der Waals surface area contributed by atoms with Gasteiger partial charge in [0.2, 0.25) is 0 Å². The van der Waals surface area contributed by atoms with Crippen molar-refractivity contribution in [2.45, 2.75) is 13.8 Å². The summed E-state index contributed by atoms with van der Waals surface area (Å²) in [7, 11) is 0. The fourth-order valence-corrected chi connectivity index (χ4v) is 2.80. The van der Waals surface area contributed by atoms with Gasteiger partial charge in [-0.05, 0) is 62.5 Å². The number of hydrogen-bond acceptors (Lipinski definition) is 8. The first kappa shape index (κ1) is 25.9. The maximum atomic E-state index is 12.5. The molecule has 0 aromatic heterocycles. The Morgan fingerprint density at radius 3 is 1.52 bits per heavy atom. The molecule has 2 rings (SSSR count). The number of thiocarbonyl (C=S) groups is 2. The number of esters is 1. The lowest BCUT2D eigenvalue weighted by Crippen LogP contribution is -2.43. The van der Waals surface area contributed by atoms with Crippen LogP contribution < -0.4 is 10.6 Å². The Bertz CT molecular complexity index is 929. The highest BCUT2D eigenvalue weighted by Crippen LogP contribution is 2.20. The summed E-state index contributed by atoms with van der Waals surface area (Å²) in [5, 5.41) is 4.47. The third-order valence-electron chi connectivity index (χ3n) is 4.32. The van der Waals surface area contributed by atoms with Gasteiger partial charge in [-0.3, -0.25) is 25.0 Å². The van der Waals surface area contributed by atoms with Crippen LogP contribution in [0.25, 0.3) is 0 Å². The van der Waals surface area contributed by atoms with Crippen LogP contribution in [-0.2, 0) is 19.0 Å². The van der Waals surface area contributed by atoms with Gasteiger partial charge in [0.15, 0.2) is 0 Å². The smallest absolute Gasteiger partial charge is 0.318 e. The largest absolute Gasteiger partial charge is 0.469 e. The Morgan fingerprint density at radius 1 is 0.758 bits per heavy atom. The Kier molecular flexibility index (Phi) is 9.89. The summed E-state index contributed by atoms with van der Waals surface area (Å²) < 4.78 is 16.0. The molecule has 174 valence electrons. The number of rotatable bonds is 8. The van der Waals surface area contributed by atoms with Crippen molar-refractivity contribution in [1.82, 2.24) is 10.6 Å². The van der Waals surface area contributed by atoms with Crippen LogP contribution in [0.15, 0.2) is 60.7 Å². The second kappa shape index (κ2) is 12.6. The van der Waals surface area contributed by atoms with Crippen LogP contribution in [0.1, 0.15) is 34.6 Å². The van der Waals surface area contributed by atoms with Gasteiger partial charge in [-0.15, -0.1) is 0 Å². The van der Waals surface area contributed by atoms with Crippen LogP contribution in [0.4, 0.5) is 0 Å². The number of hydrogen-bond donors (Lipinski definition) is 2. The van der Waals surface area contributed by atoms with Gasteiger partial charge in [0.1, 0.15) is 18.6 Å². The van der Waals surface area contributed by atoms with E-state index >= 15 is 0 Å². The van der Waals surface area contributed by atoms with E-state index in [0.717, 1.165) is 0 Å². The number of nitrogens with one attached hydrogen (secondary N) is 2. The second-order valence-corrected chi connectivity index (χ2v) is 7.82. The summed E-state index contributed by atoms with van der Waals surface area (Å²) in [6.07, 6.45) is 0. The van der Waals surface area contributed by atoms with Gasteiger partial charge in [-0.25, -0.2) is 0 Å². The molecule has 0 spiro atoms. The zero-order chi connectivity index (χ0) is 24.3. The monoisotopic (exact) mass is 488 g/mol. The molecule has 0 fully saturated rings. The van der Waals surface area contributed by atoms with Crippen molar-refractivity contribution in [2.24, 2.45) is 5.41 Å². The van der Waals surface area contributed by atoms with Crippen LogP contribution in [0, 0.1) is 5.41 Å². The van der Waals surface area contributed by atoms with Crippen LogP contribution in [-0.4, -0.2) is 48.0 Å².